The maximum atomic E-state index is 14.3. The highest BCUT2D eigenvalue weighted by atomic mass is 19.1. The van der Waals surface area contributed by atoms with Crippen molar-refractivity contribution in [2.24, 2.45) is 5.92 Å². The van der Waals surface area contributed by atoms with Gasteiger partial charge in [-0.2, -0.15) is 0 Å². The summed E-state index contributed by atoms with van der Waals surface area (Å²) in [4.78, 5) is 2.60. The minimum absolute atomic E-state index is 0.218. The molecule has 4 heteroatoms. The van der Waals surface area contributed by atoms with Gasteiger partial charge in [0.25, 0.3) is 0 Å². The van der Waals surface area contributed by atoms with Crippen LogP contribution >= 0.6 is 0 Å². The maximum Gasteiger partial charge on any atom is 0.127 e. The highest BCUT2D eigenvalue weighted by Crippen LogP contribution is 2.42. The summed E-state index contributed by atoms with van der Waals surface area (Å²) in [6, 6.07) is 25.6. The Bertz CT molecular complexity index is 961. The van der Waals surface area contributed by atoms with Gasteiger partial charge >= 0.3 is 0 Å². The first-order valence-corrected chi connectivity index (χ1v) is 11.2. The van der Waals surface area contributed by atoms with Crippen molar-refractivity contribution in [2.45, 2.75) is 37.4 Å². The third-order valence-electron chi connectivity index (χ3n) is 7.07. The summed E-state index contributed by atoms with van der Waals surface area (Å²) in [5.74, 6) is 0.0198. The topological polar surface area (TPSA) is 15.3 Å². The van der Waals surface area contributed by atoms with Gasteiger partial charge in [-0.1, -0.05) is 60.7 Å². The highest BCUT2D eigenvalue weighted by Gasteiger charge is 2.46. The Morgan fingerprint density at radius 1 is 0.839 bits per heavy atom. The molecular formula is C27H28F2N2. The number of nitrogens with zero attached hydrogens (tertiary/aromatic N) is 1. The van der Waals surface area contributed by atoms with Crippen molar-refractivity contribution < 1.29 is 8.78 Å². The lowest BCUT2D eigenvalue weighted by Crippen LogP contribution is -2.64. The van der Waals surface area contributed by atoms with E-state index in [-0.39, 0.29) is 23.8 Å². The Morgan fingerprint density at radius 2 is 1.45 bits per heavy atom. The van der Waals surface area contributed by atoms with Crippen molar-refractivity contribution >= 4 is 0 Å². The van der Waals surface area contributed by atoms with Crippen molar-refractivity contribution in [2.75, 3.05) is 13.1 Å². The second-order valence-electron chi connectivity index (χ2n) is 8.81. The SMILES string of the molecule is Fc1ccc(F)c(CN[C@@H]2C3CCN(CC3)[C@H]2C(c2ccccc2)c2ccccc2)c1. The third-order valence-corrected chi connectivity index (χ3v) is 7.07. The summed E-state index contributed by atoms with van der Waals surface area (Å²) in [5, 5.41) is 3.66. The number of halogens is 2. The van der Waals surface area contributed by atoms with Gasteiger partial charge in [0.15, 0.2) is 0 Å². The van der Waals surface area contributed by atoms with Crippen LogP contribution in [0.5, 0.6) is 0 Å². The monoisotopic (exact) mass is 418 g/mol. The molecule has 0 unspecified atom stereocenters. The van der Waals surface area contributed by atoms with Gasteiger partial charge in [0.05, 0.1) is 0 Å². The Kier molecular flexibility index (Phi) is 5.84. The van der Waals surface area contributed by atoms with Gasteiger partial charge in [-0.05, 0) is 61.2 Å². The Hall–Kier alpha value is -2.56. The minimum Gasteiger partial charge on any atom is -0.308 e. The zero-order valence-electron chi connectivity index (χ0n) is 17.6. The quantitative estimate of drug-likeness (QED) is 0.581. The molecule has 3 aromatic carbocycles. The van der Waals surface area contributed by atoms with Crippen LogP contribution in [0.25, 0.3) is 0 Å². The standard InChI is InChI=1S/C27H28F2N2/c28-23-11-12-24(29)22(17-23)18-30-26-21-13-15-31(16-14-21)27(26)25(19-7-3-1-4-8-19)20-9-5-2-6-10-20/h1-12,17,21,25-27,30H,13-16,18H2/t26-,27+/m1/s1. The van der Waals surface area contributed by atoms with Crippen LogP contribution in [0.3, 0.4) is 0 Å². The molecule has 0 spiro atoms. The largest absolute Gasteiger partial charge is 0.308 e. The van der Waals surface area contributed by atoms with Crippen molar-refractivity contribution in [3.8, 4) is 0 Å². The van der Waals surface area contributed by atoms with E-state index in [0.717, 1.165) is 25.9 Å². The zero-order chi connectivity index (χ0) is 21.2. The molecule has 0 aromatic heterocycles. The van der Waals surface area contributed by atoms with Crippen LogP contribution in [-0.2, 0) is 6.54 Å². The summed E-state index contributed by atoms with van der Waals surface area (Å²) >= 11 is 0. The molecule has 3 aliphatic rings. The molecule has 6 rings (SSSR count). The van der Waals surface area contributed by atoms with Crippen LogP contribution in [0.15, 0.2) is 78.9 Å². The summed E-state index contributed by atoms with van der Waals surface area (Å²) in [6.45, 7) is 2.53. The number of fused-ring (bicyclic) bond motifs is 3. The summed E-state index contributed by atoms with van der Waals surface area (Å²) in [7, 11) is 0. The number of rotatable bonds is 6. The summed E-state index contributed by atoms with van der Waals surface area (Å²) in [6.07, 6.45) is 2.30. The lowest BCUT2D eigenvalue weighted by Gasteiger charge is -2.54. The molecule has 2 nitrogen and oxygen atoms in total. The van der Waals surface area contributed by atoms with Gasteiger partial charge in [-0.3, -0.25) is 4.90 Å². The molecule has 0 aliphatic carbocycles. The lowest BCUT2D eigenvalue weighted by molar-refractivity contribution is 0.00458. The zero-order valence-corrected chi connectivity index (χ0v) is 17.6. The molecule has 160 valence electrons. The first-order valence-electron chi connectivity index (χ1n) is 11.2. The van der Waals surface area contributed by atoms with Gasteiger partial charge in [-0.25, -0.2) is 8.78 Å². The van der Waals surface area contributed by atoms with Gasteiger partial charge in [0.1, 0.15) is 11.6 Å². The van der Waals surface area contributed by atoms with E-state index >= 15 is 0 Å². The molecule has 2 atom stereocenters. The first-order chi connectivity index (χ1) is 15.2. The van der Waals surface area contributed by atoms with Crippen molar-refractivity contribution in [3.05, 3.63) is 107 Å². The minimum atomic E-state index is -0.393. The van der Waals surface area contributed by atoms with Crippen molar-refractivity contribution in [3.63, 3.8) is 0 Å². The number of hydrogen-bond donors (Lipinski definition) is 1. The molecule has 3 fully saturated rings. The average Bonchev–Trinajstić information content (AvgIpc) is 2.82. The van der Waals surface area contributed by atoms with E-state index in [0.29, 0.717) is 18.0 Å². The third kappa shape index (κ3) is 4.15. The van der Waals surface area contributed by atoms with Crippen LogP contribution in [-0.4, -0.2) is 30.1 Å². The fraction of sp³-hybridized carbons (Fsp3) is 0.333. The molecule has 0 saturated carbocycles. The fourth-order valence-electron chi connectivity index (χ4n) is 5.60. The average molecular weight is 419 g/mol. The highest BCUT2D eigenvalue weighted by molar-refractivity contribution is 5.36. The predicted molar refractivity (Wildman–Crippen MR) is 120 cm³/mol. The second-order valence-corrected chi connectivity index (χ2v) is 8.81. The van der Waals surface area contributed by atoms with Crippen LogP contribution in [0.2, 0.25) is 0 Å². The number of nitrogens with one attached hydrogen (secondary N) is 1. The van der Waals surface area contributed by atoms with Gasteiger partial charge in [-0.15, -0.1) is 0 Å². The van der Waals surface area contributed by atoms with Crippen molar-refractivity contribution in [1.82, 2.24) is 10.2 Å². The van der Waals surface area contributed by atoms with Gasteiger partial charge in [0.2, 0.25) is 0 Å². The van der Waals surface area contributed by atoms with Crippen LogP contribution in [0.1, 0.15) is 35.4 Å². The van der Waals surface area contributed by atoms with E-state index in [4.69, 9.17) is 0 Å². The molecule has 1 N–H and O–H groups in total. The fourth-order valence-corrected chi connectivity index (χ4v) is 5.60. The first kappa shape index (κ1) is 20.3. The van der Waals surface area contributed by atoms with Crippen LogP contribution in [0, 0.1) is 17.6 Å². The molecular weight excluding hydrogens is 390 g/mol. The molecule has 2 bridgehead atoms. The molecule has 0 amide bonds. The van der Waals surface area contributed by atoms with Crippen molar-refractivity contribution in [1.29, 1.82) is 0 Å². The maximum absolute atomic E-state index is 14.3. The Labute approximate surface area is 182 Å². The molecule has 31 heavy (non-hydrogen) atoms. The normalized spacial score (nSPS) is 25.1. The van der Waals surface area contributed by atoms with Crippen LogP contribution < -0.4 is 5.32 Å². The van der Waals surface area contributed by atoms with E-state index in [1.54, 1.807) is 0 Å². The summed E-state index contributed by atoms with van der Waals surface area (Å²) in [5.41, 5.74) is 3.00. The molecule has 3 aromatic rings. The molecule has 0 radical (unpaired) electrons. The van der Waals surface area contributed by atoms with E-state index in [9.17, 15) is 8.78 Å². The van der Waals surface area contributed by atoms with E-state index < -0.39 is 5.82 Å². The number of hydrogen-bond acceptors (Lipinski definition) is 2. The number of piperidine rings is 3. The van der Waals surface area contributed by atoms with E-state index in [2.05, 4.69) is 70.9 Å². The molecule has 3 heterocycles. The van der Waals surface area contributed by atoms with E-state index in [1.165, 1.54) is 29.3 Å². The van der Waals surface area contributed by atoms with Gasteiger partial charge < -0.3 is 5.32 Å². The smallest absolute Gasteiger partial charge is 0.127 e. The summed E-state index contributed by atoms with van der Waals surface area (Å²) < 4.78 is 28.0. The van der Waals surface area contributed by atoms with Crippen LogP contribution in [0.4, 0.5) is 8.78 Å². The Morgan fingerprint density at radius 3 is 2.06 bits per heavy atom. The van der Waals surface area contributed by atoms with Gasteiger partial charge in [0, 0.05) is 30.1 Å². The number of benzene rings is 3. The molecule has 3 aliphatic heterocycles. The second kappa shape index (κ2) is 8.89. The van der Waals surface area contributed by atoms with E-state index in [1.807, 2.05) is 0 Å². The molecule has 3 saturated heterocycles. The Balaban J connectivity index is 1.50. The lowest BCUT2D eigenvalue weighted by atomic mass is 9.70. The predicted octanol–water partition coefficient (Wildman–Crippen LogP) is 5.35.